The minimum atomic E-state index is 0.679. The molecular weight excluding hydrogens is 306 g/mol. The van der Waals surface area contributed by atoms with Crippen LogP contribution in [0, 0.1) is 13.8 Å². The number of halogens is 1. The zero-order valence-corrected chi connectivity index (χ0v) is 12.1. The van der Waals surface area contributed by atoms with Crippen molar-refractivity contribution >= 4 is 27.3 Å². The Morgan fingerprint density at radius 1 is 1.11 bits per heavy atom. The predicted molar refractivity (Wildman–Crippen MR) is 77.8 cm³/mol. The molecule has 2 aromatic heterocycles. The largest absolute Gasteiger partial charge is 0.399 e. The second kappa shape index (κ2) is 4.31. The van der Waals surface area contributed by atoms with E-state index in [1.54, 1.807) is 0 Å². The highest BCUT2D eigenvalue weighted by Gasteiger charge is 2.12. The van der Waals surface area contributed by atoms with Crippen LogP contribution in [0.15, 0.2) is 28.7 Å². The van der Waals surface area contributed by atoms with Crippen LogP contribution in [0.1, 0.15) is 11.5 Å². The third-order valence-corrected chi connectivity index (χ3v) is 3.32. The summed E-state index contributed by atoms with van der Waals surface area (Å²) < 4.78 is 2.84. The number of aryl methyl sites for hydroxylation is 2. The Bertz CT molecular complexity index is 758. The van der Waals surface area contributed by atoms with Crippen LogP contribution in [-0.2, 0) is 0 Å². The quantitative estimate of drug-likeness (QED) is 0.701. The number of rotatable bonds is 1. The maximum atomic E-state index is 5.87. The van der Waals surface area contributed by atoms with E-state index < -0.39 is 0 Å². The number of hydrogen-bond acceptors (Lipinski definition) is 4. The fourth-order valence-electron chi connectivity index (χ4n) is 2.16. The fourth-order valence-corrected chi connectivity index (χ4v) is 2.67. The summed E-state index contributed by atoms with van der Waals surface area (Å²) in [6.07, 6.45) is 0. The van der Waals surface area contributed by atoms with Gasteiger partial charge in [0.15, 0.2) is 11.5 Å². The summed E-state index contributed by atoms with van der Waals surface area (Å²) in [5.74, 6) is 1.60. The Kier molecular flexibility index (Phi) is 2.74. The van der Waals surface area contributed by atoms with Gasteiger partial charge in [0.05, 0.1) is 0 Å². The highest BCUT2D eigenvalue weighted by molar-refractivity contribution is 9.10. The zero-order valence-electron chi connectivity index (χ0n) is 10.6. The van der Waals surface area contributed by atoms with Crippen LogP contribution in [0.3, 0.4) is 0 Å². The van der Waals surface area contributed by atoms with Crippen LogP contribution < -0.4 is 5.73 Å². The number of hydrogen-bond donors (Lipinski definition) is 1. The minimum Gasteiger partial charge on any atom is -0.399 e. The lowest BCUT2D eigenvalue weighted by atomic mass is 10.2. The van der Waals surface area contributed by atoms with Crippen LogP contribution in [0.25, 0.3) is 17.0 Å². The molecule has 2 N–H and O–H groups in total. The van der Waals surface area contributed by atoms with Gasteiger partial charge >= 0.3 is 0 Å². The molecule has 19 heavy (non-hydrogen) atoms. The van der Waals surface area contributed by atoms with Crippen molar-refractivity contribution in [1.29, 1.82) is 0 Å². The third kappa shape index (κ3) is 2.08. The molecule has 96 valence electrons. The topological polar surface area (TPSA) is 69.1 Å². The van der Waals surface area contributed by atoms with Crippen LogP contribution >= 0.6 is 15.9 Å². The summed E-state index contributed by atoms with van der Waals surface area (Å²) in [7, 11) is 0. The van der Waals surface area contributed by atoms with Gasteiger partial charge in [-0.1, -0.05) is 15.9 Å². The number of nitrogen functional groups attached to an aromatic ring is 1. The van der Waals surface area contributed by atoms with Gasteiger partial charge in [-0.3, -0.25) is 4.40 Å². The van der Waals surface area contributed by atoms with Gasteiger partial charge < -0.3 is 5.73 Å². The van der Waals surface area contributed by atoms with Gasteiger partial charge in [-0.25, -0.2) is 4.98 Å². The van der Waals surface area contributed by atoms with Crippen LogP contribution in [0.5, 0.6) is 0 Å². The predicted octanol–water partition coefficient (Wildman–Crippen LogP) is 2.75. The Morgan fingerprint density at radius 3 is 2.63 bits per heavy atom. The molecule has 1 aromatic carbocycles. The number of nitrogens with zero attached hydrogens (tertiary/aromatic N) is 4. The van der Waals surface area contributed by atoms with Crippen LogP contribution in [0.4, 0.5) is 5.69 Å². The van der Waals surface area contributed by atoms with Gasteiger partial charge in [0.1, 0.15) is 5.82 Å². The first-order chi connectivity index (χ1) is 9.04. The van der Waals surface area contributed by atoms with E-state index in [0.717, 1.165) is 33.0 Å². The Labute approximate surface area is 118 Å². The molecule has 3 rings (SSSR count). The smallest absolute Gasteiger partial charge is 0.169 e. The molecule has 0 aliphatic carbocycles. The molecule has 0 aliphatic rings. The van der Waals surface area contributed by atoms with E-state index in [4.69, 9.17) is 5.73 Å². The second-order valence-corrected chi connectivity index (χ2v) is 5.35. The lowest BCUT2D eigenvalue weighted by Crippen LogP contribution is -1.99. The van der Waals surface area contributed by atoms with Gasteiger partial charge in [0, 0.05) is 27.5 Å². The van der Waals surface area contributed by atoms with Gasteiger partial charge in [-0.15, -0.1) is 10.2 Å². The third-order valence-electron chi connectivity index (χ3n) is 2.87. The molecule has 0 aliphatic heterocycles. The number of nitrogens with two attached hydrogens (primary N) is 1. The molecule has 0 saturated carbocycles. The van der Waals surface area contributed by atoms with Crippen molar-refractivity contribution in [1.82, 2.24) is 19.6 Å². The van der Waals surface area contributed by atoms with Gasteiger partial charge in [-0.05, 0) is 32.0 Å². The molecule has 2 heterocycles. The van der Waals surface area contributed by atoms with Gasteiger partial charge in [-0.2, -0.15) is 0 Å². The van der Waals surface area contributed by atoms with Crippen LogP contribution in [-0.4, -0.2) is 19.6 Å². The van der Waals surface area contributed by atoms with E-state index in [1.807, 2.05) is 42.5 Å². The van der Waals surface area contributed by atoms with E-state index in [-0.39, 0.29) is 0 Å². The Balaban J connectivity index is 2.31. The van der Waals surface area contributed by atoms with E-state index in [1.165, 1.54) is 0 Å². The van der Waals surface area contributed by atoms with E-state index >= 15 is 0 Å². The van der Waals surface area contributed by atoms with Crippen LogP contribution in [0.2, 0.25) is 0 Å². The molecule has 0 bridgehead atoms. The van der Waals surface area contributed by atoms with E-state index in [2.05, 4.69) is 31.1 Å². The summed E-state index contributed by atoms with van der Waals surface area (Å²) in [4.78, 5) is 4.44. The molecule has 0 radical (unpaired) electrons. The summed E-state index contributed by atoms with van der Waals surface area (Å²) in [6, 6.07) is 7.60. The number of aromatic nitrogens is 4. The Morgan fingerprint density at radius 2 is 1.89 bits per heavy atom. The molecule has 3 aromatic rings. The van der Waals surface area contributed by atoms with Crippen molar-refractivity contribution < 1.29 is 0 Å². The average Bonchev–Trinajstić information content (AvgIpc) is 2.71. The monoisotopic (exact) mass is 317 g/mol. The maximum Gasteiger partial charge on any atom is 0.169 e. The molecular formula is C13H12BrN5. The van der Waals surface area contributed by atoms with Crippen molar-refractivity contribution in [3.05, 3.63) is 40.3 Å². The standard InChI is InChI=1S/C13H12BrN5/c1-7-3-12-17-18-13(19(12)8(2)16-7)9-4-10(14)6-11(15)5-9/h3-6H,15H2,1-2H3. The fraction of sp³-hybridized carbons (Fsp3) is 0.154. The molecule has 0 unspecified atom stereocenters. The highest BCUT2D eigenvalue weighted by atomic mass is 79.9. The van der Waals surface area contributed by atoms with Crippen molar-refractivity contribution in [2.45, 2.75) is 13.8 Å². The van der Waals surface area contributed by atoms with Gasteiger partial charge in [0.2, 0.25) is 0 Å². The average molecular weight is 318 g/mol. The van der Waals surface area contributed by atoms with E-state index in [9.17, 15) is 0 Å². The summed E-state index contributed by atoms with van der Waals surface area (Å²) in [5.41, 5.74) is 9.18. The molecule has 0 saturated heterocycles. The molecule has 0 amide bonds. The molecule has 0 fully saturated rings. The molecule has 5 nitrogen and oxygen atoms in total. The van der Waals surface area contributed by atoms with Crippen molar-refractivity contribution in [2.75, 3.05) is 5.73 Å². The zero-order chi connectivity index (χ0) is 13.6. The summed E-state index contributed by atoms with van der Waals surface area (Å²) >= 11 is 3.44. The Hall–Kier alpha value is -1.95. The normalized spacial score (nSPS) is 11.1. The minimum absolute atomic E-state index is 0.679. The molecule has 6 heteroatoms. The number of anilines is 1. The van der Waals surface area contributed by atoms with Gasteiger partial charge in [0.25, 0.3) is 0 Å². The van der Waals surface area contributed by atoms with E-state index in [0.29, 0.717) is 5.69 Å². The lowest BCUT2D eigenvalue weighted by Gasteiger charge is -2.05. The number of benzene rings is 1. The highest BCUT2D eigenvalue weighted by Crippen LogP contribution is 2.26. The first-order valence-corrected chi connectivity index (χ1v) is 6.60. The molecule has 0 spiro atoms. The van der Waals surface area contributed by atoms with Crippen molar-refractivity contribution in [3.63, 3.8) is 0 Å². The van der Waals surface area contributed by atoms with Crippen molar-refractivity contribution in [3.8, 4) is 11.4 Å². The second-order valence-electron chi connectivity index (χ2n) is 4.44. The first-order valence-electron chi connectivity index (χ1n) is 5.80. The maximum absolute atomic E-state index is 5.87. The SMILES string of the molecule is Cc1cc2nnc(-c3cc(N)cc(Br)c3)n2c(C)n1. The molecule has 0 atom stereocenters. The van der Waals surface area contributed by atoms with Crippen molar-refractivity contribution in [2.24, 2.45) is 0 Å². The lowest BCUT2D eigenvalue weighted by molar-refractivity contribution is 0.962. The number of fused-ring (bicyclic) bond motifs is 1. The summed E-state index contributed by atoms with van der Waals surface area (Å²) in [6.45, 7) is 3.88. The summed E-state index contributed by atoms with van der Waals surface area (Å²) in [5, 5.41) is 8.44. The first kappa shape index (κ1) is 12.1.